The van der Waals surface area contributed by atoms with Crippen molar-refractivity contribution in [2.45, 2.75) is 19.4 Å². The molecule has 0 fully saturated rings. The van der Waals surface area contributed by atoms with Gasteiger partial charge in [-0.1, -0.05) is 19.1 Å². The summed E-state index contributed by atoms with van der Waals surface area (Å²) in [6, 6.07) is 3.28. The molecule has 0 aliphatic rings. The lowest BCUT2D eigenvalue weighted by molar-refractivity contribution is 0.0943. The minimum Gasteiger partial charge on any atom is -0.508 e. The number of thiocarbonyl (C=S) groups is 1. The molecule has 0 heterocycles. The number of hydrogen-bond donors (Lipinski definition) is 4. The van der Waals surface area contributed by atoms with E-state index in [1.807, 2.05) is 6.92 Å². The first kappa shape index (κ1) is 13.2. The molecule has 0 aromatic heterocycles. The molecule has 0 radical (unpaired) electrons. The number of phenols is 2. The van der Waals surface area contributed by atoms with Crippen molar-refractivity contribution in [3.8, 4) is 11.5 Å². The van der Waals surface area contributed by atoms with E-state index in [1.165, 1.54) is 18.2 Å². The van der Waals surface area contributed by atoms with Crippen LogP contribution < -0.4 is 11.1 Å². The third kappa shape index (κ3) is 3.32. The molecule has 5 nitrogen and oxygen atoms in total. The lowest BCUT2D eigenvalue weighted by Crippen LogP contribution is -2.43. The maximum Gasteiger partial charge on any atom is 0.255 e. The zero-order valence-corrected chi connectivity index (χ0v) is 10.1. The Labute approximate surface area is 104 Å². The van der Waals surface area contributed by atoms with Crippen LogP contribution in [0.25, 0.3) is 0 Å². The average Bonchev–Trinajstić information content (AvgIpc) is 2.28. The van der Waals surface area contributed by atoms with Crippen molar-refractivity contribution in [2.75, 3.05) is 0 Å². The summed E-state index contributed by atoms with van der Waals surface area (Å²) in [7, 11) is 0. The van der Waals surface area contributed by atoms with Crippen molar-refractivity contribution in [1.82, 2.24) is 5.32 Å². The van der Waals surface area contributed by atoms with Gasteiger partial charge in [-0.25, -0.2) is 0 Å². The molecule has 92 valence electrons. The molecule has 0 saturated carbocycles. The van der Waals surface area contributed by atoms with Crippen LogP contribution in [0.15, 0.2) is 18.2 Å². The third-order valence-corrected chi connectivity index (χ3v) is 2.57. The normalized spacial score (nSPS) is 11.8. The van der Waals surface area contributed by atoms with Crippen LogP contribution in [-0.2, 0) is 0 Å². The highest BCUT2D eigenvalue weighted by Crippen LogP contribution is 2.21. The van der Waals surface area contributed by atoms with E-state index >= 15 is 0 Å². The minimum absolute atomic E-state index is 0.0142. The fourth-order valence-electron chi connectivity index (χ4n) is 1.32. The predicted molar refractivity (Wildman–Crippen MR) is 68.1 cm³/mol. The monoisotopic (exact) mass is 254 g/mol. The van der Waals surface area contributed by atoms with E-state index in [9.17, 15) is 15.0 Å². The van der Waals surface area contributed by atoms with Crippen LogP contribution >= 0.6 is 12.2 Å². The van der Waals surface area contributed by atoms with Crippen LogP contribution in [0.4, 0.5) is 0 Å². The van der Waals surface area contributed by atoms with Gasteiger partial charge in [-0.05, 0) is 24.6 Å². The second-order valence-corrected chi connectivity index (χ2v) is 4.01. The number of aromatic hydroxyl groups is 2. The number of phenolic OH excluding ortho intramolecular Hbond substituents is 2. The molecule has 1 rings (SSSR count). The number of benzene rings is 1. The number of hydrogen-bond acceptors (Lipinski definition) is 4. The first-order valence-corrected chi connectivity index (χ1v) is 5.48. The van der Waals surface area contributed by atoms with E-state index in [1.54, 1.807) is 0 Å². The Morgan fingerprint density at radius 3 is 2.71 bits per heavy atom. The lowest BCUT2D eigenvalue weighted by atomic mass is 10.1. The zero-order valence-electron chi connectivity index (χ0n) is 9.30. The SMILES string of the molecule is CCC(NC(=O)c1cc(O)ccc1O)C(N)=S. The number of nitrogens with two attached hydrogens (primary N) is 1. The summed E-state index contributed by atoms with van der Waals surface area (Å²) in [5, 5.41) is 21.3. The molecule has 0 saturated heterocycles. The van der Waals surface area contributed by atoms with Gasteiger partial charge in [0.1, 0.15) is 11.5 Å². The van der Waals surface area contributed by atoms with Crippen molar-refractivity contribution in [2.24, 2.45) is 5.73 Å². The first-order valence-electron chi connectivity index (χ1n) is 5.07. The fourth-order valence-corrected chi connectivity index (χ4v) is 1.54. The molecule has 1 unspecified atom stereocenters. The second-order valence-electron chi connectivity index (χ2n) is 3.54. The van der Waals surface area contributed by atoms with Gasteiger partial charge in [0.15, 0.2) is 0 Å². The van der Waals surface area contributed by atoms with Crippen LogP contribution in [-0.4, -0.2) is 27.2 Å². The molecule has 1 atom stereocenters. The van der Waals surface area contributed by atoms with Crippen molar-refractivity contribution in [3.05, 3.63) is 23.8 Å². The van der Waals surface area contributed by atoms with Gasteiger partial charge in [0.2, 0.25) is 0 Å². The van der Waals surface area contributed by atoms with Gasteiger partial charge in [-0.3, -0.25) is 4.79 Å². The molecule has 1 aromatic rings. The Bertz CT molecular complexity index is 448. The molecular formula is C11H14N2O3S. The van der Waals surface area contributed by atoms with Crippen molar-refractivity contribution in [1.29, 1.82) is 0 Å². The third-order valence-electron chi connectivity index (χ3n) is 2.28. The molecule has 0 aliphatic carbocycles. The molecular weight excluding hydrogens is 240 g/mol. The number of carbonyl (C=O) groups excluding carboxylic acids is 1. The highest BCUT2D eigenvalue weighted by Gasteiger charge is 2.17. The van der Waals surface area contributed by atoms with Crippen LogP contribution in [0.3, 0.4) is 0 Å². The fraction of sp³-hybridized carbons (Fsp3) is 0.273. The topological polar surface area (TPSA) is 95.6 Å². The average molecular weight is 254 g/mol. The molecule has 6 heteroatoms. The Balaban J connectivity index is 2.89. The van der Waals surface area contributed by atoms with Crippen LogP contribution in [0.1, 0.15) is 23.7 Å². The van der Waals surface area contributed by atoms with Gasteiger partial charge in [-0.2, -0.15) is 0 Å². The van der Waals surface area contributed by atoms with Crippen molar-refractivity contribution >= 4 is 23.1 Å². The summed E-state index contributed by atoms with van der Waals surface area (Å²) in [5.41, 5.74) is 5.43. The molecule has 0 aliphatic heterocycles. The number of nitrogens with one attached hydrogen (secondary N) is 1. The molecule has 5 N–H and O–H groups in total. The second kappa shape index (κ2) is 5.49. The summed E-state index contributed by atoms with van der Waals surface area (Å²) < 4.78 is 0. The maximum atomic E-state index is 11.8. The molecule has 0 spiro atoms. The Morgan fingerprint density at radius 2 is 2.18 bits per heavy atom. The smallest absolute Gasteiger partial charge is 0.255 e. The zero-order chi connectivity index (χ0) is 13.0. The summed E-state index contributed by atoms with van der Waals surface area (Å²) in [5.74, 6) is -0.840. The van der Waals surface area contributed by atoms with E-state index < -0.39 is 11.9 Å². The van der Waals surface area contributed by atoms with Gasteiger partial charge in [0.25, 0.3) is 5.91 Å². The van der Waals surface area contributed by atoms with Crippen LogP contribution in [0.5, 0.6) is 11.5 Å². The first-order chi connectivity index (χ1) is 7.95. The van der Waals surface area contributed by atoms with Gasteiger partial charge >= 0.3 is 0 Å². The molecule has 17 heavy (non-hydrogen) atoms. The Morgan fingerprint density at radius 1 is 1.53 bits per heavy atom. The van der Waals surface area contributed by atoms with E-state index in [0.29, 0.717) is 6.42 Å². The van der Waals surface area contributed by atoms with Crippen molar-refractivity contribution < 1.29 is 15.0 Å². The van der Waals surface area contributed by atoms with E-state index in [-0.39, 0.29) is 22.1 Å². The summed E-state index contributed by atoms with van der Waals surface area (Å²) in [6.07, 6.45) is 0.556. The summed E-state index contributed by atoms with van der Waals surface area (Å²) >= 11 is 4.79. The van der Waals surface area contributed by atoms with Crippen LogP contribution in [0.2, 0.25) is 0 Å². The molecule has 1 amide bonds. The standard InChI is InChI=1S/C11H14N2O3S/c1-2-8(10(12)17)13-11(16)7-5-6(14)3-4-9(7)15/h3-5,8,14-15H,2H2,1H3,(H2,12,17)(H,13,16). The maximum absolute atomic E-state index is 11.8. The van der Waals surface area contributed by atoms with Crippen molar-refractivity contribution in [3.63, 3.8) is 0 Å². The summed E-state index contributed by atoms with van der Waals surface area (Å²) in [6.45, 7) is 1.83. The van der Waals surface area contributed by atoms with Gasteiger partial charge in [0.05, 0.1) is 16.6 Å². The van der Waals surface area contributed by atoms with Gasteiger partial charge in [-0.15, -0.1) is 0 Å². The van der Waals surface area contributed by atoms with Crippen LogP contribution in [0, 0.1) is 0 Å². The number of amides is 1. The number of rotatable bonds is 4. The largest absolute Gasteiger partial charge is 0.508 e. The highest BCUT2D eigenvalue weighted by atomic mass is 32.1. The van der Waals surface area contributed by atoms with E-state index in [0.717, 1.165) is 0 Å². The Hall–Kier alpha value is -1.82. The quantitative estimate of drug-likeness (QED) is 0.473. The number of carbonyl (C=O) groups is 1. The molecule has 0 bridgehead atoms. The lowest BCUT2D eigenvalue weighted by Gasteiger charge is -2.15. The predicted octanol–water partition coefficient (Wildman–Crippen LogP) is 0.892. The van der Waals surface area contributed by atoms with Gasteiger partial charge < -0.3 is 21.3 Å². The van der Waals surface area contributed by atoms with E-state index in [4.69, 9.17) is 18.0 Å². The minimum atomic E-state index is -0.530. The van der Waals surface area contributed by atoms with Gasteiger partial charge in [0, 0.05) is 0 Å². The highest BCUT2D eigenvalue weighted by molar-refractivity contribution is 7.80. The summed E-state index contributed by atoms with van der Waals surface area (Å²) in [4.78, 5) is 12.0. The molecule has 1 aromatic carbocycles. The Kier molecular flexibility index (Phi) is 4.28. The van der Waals surface area contributed by atoms with E-state index in [2.05, 4.69) is 5.32 Å².